The van der Waals surface area contributed by atoms with Gasteiger partial charge in [0.25, 0.3) is 0 Å². The van der Waals surface area contributed by atoms with Crippen LogP contribution in [0.4, 0.5) is 0 Å². The molecule has 0 saturated heterocycles. The van der Waals surface area contributed by atoms with E-state index in [4.69, 9.17) is 0 Å². The van der Waals surface area contributed by atoms with E-state index in [1.165, 1.54) is 0 Å². The lowest BCUT2D eigenvalue weighted by Crippen LogP contribution is -2.03. The molecule has 0 atom stereocenters. The van der Waals surface area contributed by atoms with E-state index in [1.54, 1.807) is 17.5 Å². The third kappa shape index (κ3) is 3.61. The van der Waals surface area contributed by atoms with Crippen LogP contribution in [0, 0.1) is 0 Å². The van der Waals surface area contributed by atoms with Crippen molar-refractivity contribution in [3.05, 3.63) is 82.1 Å². The number of thiazole rings is 1. The van der Waals surface area contributed by atoms with Gasteiger partial charge in [0, 0.05) is 29.3 Å². The van der Waals surface area contributed by atoms with Crippen LogP contribution in [0.25, 0.3) is 0 Å². The van der Waals surface area contributed by atoms with Crippen LogP contribution in [0.5, 0.6) is 0 Å². The molecule has 0 amide bonds. The van der Waals surface area contributed by atoms with Gasteiger partial charge >= 0.3 is 0 Å². The summed E-state index contributed by atoms with van der Waals surface area (Å²) < 4.78 is 0. The molecule has 0 fully saturated rings. The Hall–Kier alpha value is -2.33. The first-order valence-electron chi connectivity index (χ1n) is 6.73. The summed E-state index contributed by atoms with van der Waals surface area (Å²) >= 11 is 1.58. The van der Waals surface area contributed by atoms with Crippen molar-refractivity contribution in [2.24, 2.45) is 0 Å². The normalized spacial score (nSPS) is 10.5. The molecule has 3 rings (SSSR count). The number of hydrogen-bond donors (Lipinski definition) is 0. The third-order valence-corrected chi connectivity index (χ3v) is 3.99. The number of hydrogen-bond acceptors (Lipinski definition) is 4. The fourth-order valence-electron chi connectivity index (χ4n) is 2.06. The van der Waals surface area contributed by atoms with Gasteiger partial charge in [0.05, 0.1) is 17.1 Å². The average molecular weight is 294 g/mol. The number of aromatic nitrogens is 2. The standard InChI is InChI=1S/C17H14N2OS/c20-16(13-6-2-1-3-7-13)10-15-12-21-17(19-15)11-14-8-4-5-9-18-14/h1-9,12H,10-11H2. The zero-order chi connectivity index (χ0) is 14.5. The van der Waals surface area contributed by atoms with Crippen molar-refractivity contribution in [3.63, 3.8) is 0 Å². The molecular weight excluding hydrogens is 280 g/mol. The highest BCUT2D eigenvalue weighted by molar-refractivity contribution is 7.09. The van der Waals surface area contributed by atoms with Gasteiger partial charge in [0.1, 0.15) is 0 Å². The van der Waals surface area contributed by atoms with Crippen LogP contribution in [0.2, 0.25) is 0 Å². The van der Waals surface area contributed by atoms with Gasteiger partial charge in [-0.05, 0) is 12.1 Å². The molecule has 2 aromatic heterocycles. The van der Waals surface area contributed by atoms with E-state index in [0.29, 0.717) is 12.8 Å². The van der Waals surface area contributed by atoms with Crippen molar-refractivity contribution in [1.82, 2.24) is 9.97 Å². The van der Waals surface area contributed by atoms with Gasteiger partial charge in [-0.15, -0.1) is 11.3 Å². The van der Waals surface area contributed by atoms with E-state index < -0.39 is 0 Å². The quantitative estimate of drug-likeness (QED) is 0.676. The molecule has 0 unspecified atom stereocenters. The number of carbonyl (C=O) groups excluding carboxylic acids is 1. The summed E-state index contributed by atoms with van der Waals surface area (Å²) in [5, 5.41) is 2.95. The second-order valence-corrected chi connectivity index (χ2v) is 5.64. The minimum atomic E-state index is 0.102. The predicted molar refractivity (Wildman–Crippen MR) is 83.6 cm³/mol. The lowest BCUT2D eigenvalue weighted by molar-refractivity contribution is 0.0992. The molecule has 0 aliphatic heterocycles. The fraction of sp³-hybridized carbons (Fsp3) is 0.118. The molecule has 4 heteroatoms. The summed E-state index contributed by atoms with van der Waals surface area (Å²) in [5.41, 5.74) is 2.56. The van der Waals surface area contributed by atoms with E-state index in [9.17, 15) is 4.79 Å². The van der Waals surface area contributed by atoms with E-state index in [0.717, 1.165) is 22.0 Å². The SMILES string of the molecule is O=C(Cc1csc(Cc2ccccn2)n1)c1ccccc1. The molecule has 1 aromatic carbocycles. The topological polar surface area (TPSA) is 42.9 Å². The Labute approximate surface area is 127 Å². The zero-order valence-corrected chi connectivity index (χ0v) is 12.2. The molecule has 2 heterocycles. The number of pyridine rings is 1. The van der Waals surface area contributed by atoms with Crippen molar-refractivity contribution in [3.8, 4) is 0 Å². The summed E-state index contributed by atoms with van der Waals surface area (Å²) in [7, 11) is 0. The third-order valence-electron chi connectivity index (χ3n) is 3.10. The molecule has 0 aliphatic carbocycles. The van der Waals surface area contributed by atoms with Crippen LogP contribution >= 0.6 is 11.3 Å². The highest BCUT2D eigenvalue weighted by atomic mass is 32.1. The summed E-state index contributed by atoms with van der Waals surface area (Å²) in [5.74, 6) is 0.102. The Kier molecular flexibility index (Phi) is 4.17. The minimum Gasteiger partial charge on any atom is -0.294 e. The van der Waals surface area contributed by atoms with Crippen LogP contribution in [0.3, 0.4) is 0 Å². The van der Waals surface area contributed by atoms with Gasteiger partial charge in [0.15, 0.2) is 5.78 Å². The van der Waals surface area contributed by atoms with Crippen molar-refractivity contribution >= 4 is 17.1 Å². The Morgan fingerprint density at radius 2 is 1.81 bits per heavy atom. The van der Waals surface area contributed by atoms with Crippen LogP contribution < -0.4 is 0 Å². The number of carbonyl (C=O) groups is 1. The largest absolute Gasteiger partial charge is 0.294 e. The molecule has 3 aromatic rings. The summed E-state index contributed by atoms with van der Waals surface area (Å²) in [6.45, 7) is 0. The molecule has 0 aliphatic rings. The van der Waals surface area contributed by atoms with Gasteiger partial charge in [-0.3, -0.25) is 9.78 Å². The van der Waals surface area contributed by atoms with Crippen molar-refractivity contribution in [2.45, 2.75) is 12.8 Å². The molecule has 0 spiro atoms. The Balaban J connectivity index is 1.67. The van der Waals surface area contributed by atoms with Crippen molar-refractivity contribution in [2.75, 3.05) is 0 Å². The Morgan fingerprint density at radius 1 is 1.00 bits per heavy atom. The smallest absolute Gasteiger partial charge is 0.168 e. The van der Waals surface area contributed by atoms with Crippen LogP contribution in [0.1, 0.15) is 26.8 Å². The molecular formula is C17H14N2OS. The van der Waals surface area contributed by atoms with E-state index >= 15 is 0 Å². The molecule has 3 nitrogen and oxygen atoms in total. The van der Waals surface area contributed by atoms with Crippen molar-refractivity contribution < 1.29 is 4.79 Å². The Morgan fingerprint density at radius 3 is 2.57 bits per heavy atom. The average Bonchev–Trinajstić information content (AvgIpc) is 2.96. The number of nitrogens with zero attached hydrogens (tertiary/aromatic N) is 2. The maximum Gasteiger partial charge on any atom is 0.168 e. The molecule has 104 valence electrons. The highest BCUT2D eigenvalue weighted by Crippen LogP contribution is 2.15. The summed E-state index contributed by atoms with van der Waals surface area (Å²) in [4.78, 5) is 21.0. The minimum absolute atomic E-state index is 0.102. The first-order valence-corrected chi connectivity index (χ1v) is 7.60. The number of rotatable bonds is 5. The van der Waals surface area contributed by atoms with Gasteiger partial charge in [0.2, 0.25) is 0 Å². The summed E-state index contributed by atoms with van der Waals surface area (Å²) in [6, 6.07) is 15.2. The van der Waals surface area contributed by atoms with Gasteiger partial charge in [-0.25, -0.2) is 4.98 Å². The molecule has 0 radical (unpaired) electrons. The second-order valence-electron chi connectivity index (χ2n) is 4.70. The number of Topliss-reactive ketones (excluding diaryl/α,β-unsaturated/α-hetero) is 1. The zero-order valence-electron chi connectivity index (χ0n) is 11.4. The van der Waals surface area contributed by atoms with E-state index in [2.05, 4.69) is 9.97 Å². The second kappa shape index (κ2) is 6.41. The molecule has 0 bridgehead atoms. The van der Waals surface area contributed by atoms with Crippen molar-refractivity contribution in [1.29, 1.82) is 0 Å². The highest BCUT2D eigenvalue weighted by Gasteiger charge is 2.10. The van der Waals surface area contributed by atoms with Gasteiger partial charge in [-0.2, -0.15) is 0 Å². The maximum absolute atomic E-state index is 12.1. The molecule has 21 heavy (non-hydrogen) atoms. The fourth-order valence-corrected chi connectivity index (χ4v) is 2.87. The maximum atomic E-state index is 12.1. The van der Waals surface area contributed by atoms with Crippen LogP contribution in [0.15, 0.2) is 60.1 Å². The lowest BCUT2D eigenvalue weighted by atomic mass is 10.1. The molecule has 0 saturated carbocycles. The van der Waals surface area contributed by atoms with E-state index in [-0.39, 0.29) is 5.78 Å². The van der Waals surface area contributed by atoms with Crippen LogP contribution in [-0.4, -0.2) is 15.8 Å². The van der Waals surface area contributed by atoms with Gasteiger partial charge in [-0.1, -0.05) is 36.4 Å². The first-order chi connectivity index (χ1) is 10.3. The first kappa shape index (κ1) is 13.6. The lowest BCUT2D eigenvalue weighted by Gasteiger charge is -1.98. The number of ketones is 1. The van der Waals surface area contributed by atoms with Crippen LogP contribution in [-0.2, 0) is 12.8 Å². The molecule has 0 N–H and O–H groups in total. The predicted octanol–water partition coefficient (Wildman–Crippen LogP) is 3.55. The number of benzene rings is 1. The van der Waals surface area contributed by atoms with Gasteiger partial charge < -0.3 is 0 Å². The summed E-state index contributed by atoms with van der Waals surface area (Å²) in [6.07, 6.45) is 2.84. The monoisotopic (exact) mass is 294 g/mol. The Bertz CT molecular complexity index is 723. The van der Waals surface area contributed by atoms with E-state index in [1.807, 2.05) is 53.9 Å².